The van der Waals surface area contributed by atoms with E-state index < -0.39 is 10.0 Å². The third kappa shape index (κ3) is 3.22. The minimum Gasteiger partial charge on any atom is -0.268 e. The molecule has 1 N–H and O–H groups in total. The first kappa shape index (κ1) is 16.4. The molecule has 1 aliphatic rings. The molecule has 7 nitrogen and oxygen atoms in total. The van der Waals surface area contributed by atoms with Gasteiger partial charge in [-0.3, -0.25) is 4.79 Å². The number of aryl methyl sites for hydroxylation is 2. The molecule has 0 fully saturated rings. The van der Waals surface area contributed by atoms with E-state index in [0.29, 0.717) is 24.8 Å². The summed E-state index contributed by atoms with van der Waals surface area (Å²) in [6, 6.07) is 9.03. The van der Waals surface area contributed by atoms with E-state index >= 15 is 0 Å². The fourth-order valence-electron chi connectivity index (χ4n) is 2.81. The lowest BCUT2D eigenvalue weighted by Gasteiger charge is -2.24. The fraction of sp³-hybridized carbons (Fsp3) is 0.312. The first-order valence-corrected chi connectivity index (χ1v) is 8.96. The van der Waals surface area contributed by atoms with Crippen molar-refractivity contribution in [2.75, 3.05) is 0 Å². The van der Waals surface area contributed by atoms with Crippen LogP contribution in [0, 0.1) is 11.3 Å². The number of sulfonamides is 1. The van der Waals surface area contributed by atoms with Gasteiger partial charge in [0.05, 0.1) is 22.2 Å². The molecule has 2 aromatic rings. The lowest BCUT2D eigenvalue weighted by Crippen LogP contribution is -2.40. The van der Waals surface area contributed by atoms with Crippen LogP contribution in [0.4, 0.5) is 0 Å². The molecule has 1 aromatic carbocycles. The van der Waals surface area contributed by atoms with Crippen LogP contribution in [0.5, 0.6) is 0 Å². The maximum atomic E-state index is 12.5. The van der Waals surface area contributed by atoms with Crippen molar-refractivity contribution >= 4 is 10.0 Å². The van der Waals surface area contributed by atoms with E-state index in [1.807, 2.05) is 6.07 Å². The van der Waals surface area contributed by atoms with Crippen molar-refractivity contribution < 1.29 is 8.42 Å². The van der Waals surface area contributed by atoms with Gasteiger partial charge in [-0.15, -0.1) is 0 Å². The average Bonchev–Trinajstić information content (AvgIpc) is 2.56. The number of benzene rings is 1. The van der Waals surface area contributed by atoms with Gasteiger partial charge in [0.25, 0.3) is 5.56 Å². The van der Waals surface area contributed by atoms with Gasteiger partial charge >= 0.3 is 0 Å². The van der Waals surface area contributed by atoms with E-state index in [1.54, 1.807) is 13.1 Å². The Bertz CT molecular complexity index is 989. The molecule has 3 rings (SSSR count). The molecule has 0 saturated heterocycles. The van der Waals surface area contributed by atoms with Crippen molar-refractivity contribution in [2.45, 2.75) is 30.2 Å². The smallest absolute Gasteiger partial charge is 0.266 e. The van der Waals surface area contributed by atoms with E-state index in [2.05, 4.69) is 9.82 Å². The highest BCUT2D eigenvalue weighted by Gasteiger charge is 2.25. The van der Waals surface area contributed by atoms with Gasteiger partial charge in [0.1, 0.15) is 0 Å². The van der Waals surface area contributed by atoms with Crippen molar-refractivity contribution in [3.63, 3.8) is 0 Å². The predicted molar refractivity (Wildman–Crippen MR) is 86.8 cm³/mol. The molecule has 0 bridgehead atoms. The van der Waals surface area contributed by atoms with Gasteiger partial charge in [-0.05, 0) is 43.0 Å². The largest absolute Gasteiger partial charge is 0.268 e. The summed E-state index contributed by atoms with van der Waals surface area (Å²) in [5.74, 6) is 0. The number of rotatable bonds is 3. The predicted octanol–water partition coefficient (Wildman–Crippen LogP) is 0.488. The highest BCUT2D eigenvalue weighted by atomic mass is 32.2. The molecule has 1 unspecified atom stereocenters. The summed E-state index contributed by atoms with van der Waals surface area (Å²) < 4.78 is 29.0. The molecule has 1 aromatic heterocycles. The van der Waals surface area contributed by atoms with Crippen LogP contribution < -0.4 is 10.3 Å². The van der Waals surface area contributed by atoms with Gasteiger partial charge in [-0.25, -0.2) is 17.8 Å². The van der Waals surface area contributed by atoms with Gasteiger partial charge in [-0.2, -0.15) is 10.4 Å². The van der Waals surface area contributed by atoms with E-state index in [-0.39, 0.29) is 16.5 Å². The summed E-state index contributed by atoms with van der Waals surface area (Å²) in [6.45, 7) is 0. The fourth-order valence-corrected chi connectivity index (χ4v) is 4.12. The molecular weight excluding hydrogens is 328 g/mol. The third-order valence-corrected chi connectivity index (χ3v) is 5.57. The van der Waals surface area contributed by atoms with E-state index in [9.17, 15) is 13.2 Å². The van der Waals surface area contributed by atoms with Crippen LogP contribution in [0.3, 0.4) is 0 Å². The Morgan fingerprint density at radius 2 is 2.17 bits per heavy atom. The summed E-state index contributed by atoms with van der Waals surface area (Å²) in [6.07, 6.45) is 1.64. The topological polar surface area (TPSA) is 105 Å². The monoisotopic (exact) mass is 344 g/mol. The molecule has 0 saturated carbocycles. The average molecular weight is 344 g/mol. The Hall–Kier alpha value is -2.50. The van der Waals surface area contributed by atoms with Crippen LogP contribution in [0.2, 0.25) is 0 Å². The lowest BCUT2D eigenvalue weighted by atomic mass is 9.93. The Labute approximate surface area is 139 Å². The van der Waals surface area contributed by atoms with Crippen LogP contribution in [-0.2, 0) is 29.9 Å². The van der Waals surface area contributed by atoms with Crippen LogP contribution in [0.1, 0.15) is 23.2 Å². The van der Waals surface area contributed by atoms with E-state index in [4.69, 9.17) is 5.26 Å². The zero-order chi connectivity index (χ0) is 17.3. The Balaban J connectivity index is 1.82. The Morgan fingerprint density at radius 3 is 2.92 bits per heavy atom. The summed E-state index contributed by atoms with van der Waals surface area (Å²) in [5, 5.41) is 13.1. The Morgan fingerprint density at radius 1 is 1.38 bits per heavy atom. The van der Waals surface area contributed by atoms with Crippen molar-refractivity contribution in [1.29, 1.82) is 5.26 Å². The van der Waals surface area contributed by atoms with Gasteiger partial charge in [-0.1, -0.05) is 6.07 Å². The third-order valence-electron chi connectivity index (χ3n) is 4.05. The zero-order valence-corrected chi connectivity index (χ0v) is 13.9. The summed E-state index contributed by atoms with van der Waals surface area (Å²) in [7, 11) is -2.12. The second kappa shape index (κ2) is 6.19. The number of fused-ring (bicyclic) bond motifs is 1. The SMILES string of the molecule is Cn1nc2c(cc1=O)CC(NS(=O)(=O)c1cccc(C#N)c1)CC2. The molecule has 1 atom stereocenters. The molecule has 1 aliphatic carbocycles. The molecular formula is C16H16N4O3S. The quantitative estimate of drug-likeness (QED) is 0.872. The molecule has 124 valence electrons. The highest BCUT2D eigenvalue weighted by Crippen LogP contribution is 2.20. The number of hydrogen-bond donors (Lipinski definition) is 1. The van der Waals surface area contributed by atoms with Crippen LogP contribution in [0.25, 0.3) is 0 Å². The van der Waals surface area contributed by atoms with Gasteiger partial charge in [0, 0.05) is 19.2 Å². The minimum absolute atomic E-state index is 0.0643. The zero-order valence-electron chi connectivity index (χ0n) is 13.1. The molecule has 8 heteroatoms. The molecule has 0 aliphatic heterocycles. The first-order valence-electron chi connectivity index (χ1n) is 7.47. The van der Waals surface area contributed by atoms with Crippen molar-refractivity contribution in [2.24, 2.45) is 7.05 Å². The lowest BCUT2D eigenvalue weighted by molar-refractivity contribution is 0.492. The van der Waals surface area contributed by atoms with Crippen LogP contribution in [0.15, 0.2) is 40.0 Å². The van der Waals surface area contributed by atoms with Crippen molar-refractivity contribution in [3.05, 3.63) is 57.5 Å². The maximum Gasteiger partial charge on any atom is 0.266 e. The second-order valence-corrected chi connectivity index (χ2v) is 7.49. The number of nitrogens with one attached hydrogen (secondary N) is 1. The summed E-state index contributed by atoms with van der Waals surface area (Å²) in [5.41, 5.74) is 1.69. The highest BCUT2D eigenvalue weighted by molar-refractivity contribution is 7.89. The first-order chi connectivity index (χ1) is 11.4. The Kier molecular flexibility index (Phi) is 4.22. The van der Waals surface area contributed by atoms with E-state index in [1.165, 1.54) is 28.9 Å². The van der Waals surface area contributed by atoms with Crippen molar-refractivity contribution in [3.8, 4) is 6.07 Å². The summed E-state index contributed by atoms with van der Waals surface area (Å²) >= 11 is 0. The number of nitriles is 1. The molecule has 0 amide bonds. The number of nitrogens with zero attached hydrogens (tertiary/aromatic N) is 3. The molecule has 1 heterocycles. The van der Waals surface area contributed by atoms with E-state index in [0.717, 1.165) is 11.3 Å². The van der Waals surface area contributed by atoms with Gasteiger partial charge < -0.3 is 0 Å². The standard InChI is InChI=1S/C16H16N4O3S/c1-20-16(21)9-12-8-13(5-6-15(12)18-20)19-24(22,23)14-4-2-3-11(7-14)10-17/h2-4,7,9,13,19H,5-6,8H2,1H3. The molecule has 24 heavy (non-hydrogen) atoms. The van der Waals surface area contributed by atoms with Crippen LogP contribution in [-0.4, -0.2) is 24.2 Å². The second-order valence-electron chi connectivity index (χ2n) is 5.78. The number of hydrogen-bond acceptors (Lipinski definition) is 5. The summed E-state index contributed by atoms with van der Waals surface area (Å²) in [4.78, 5) is 11.8. The molecule has 0 radical (unpaired) electrons. The maximum absolute atomic E-state index is 12.5. The van der Waals surface area contributed by atoms with Crippen molar-refractivity contribution in [1.82, 2.24) is 14.5 Å². The molecule has 0 spiro atoms. The van der Waals surface area contributed by atoms with Gasteiger partial charge in [0.15, 0.2) is 0 Å². The van der Waals surface area contributed by atoms with Gasteiger partial charge in [0.2, 0.25) is 10.0 Å². The number of aromatic nitrogens is 2. The van der Waals surface area contributed by atoms with Crippen LogP contribution >= 0.6 is 0 Å². The normalized spacial score (nSPS) is 17.1. The minimum atomic E-state index is -3.72.